The van der Waals surface area contributed by atoms with Crippen molar-refractivity contribution in [1.82, 2.24) is 5.32 Å². The van der Waals surface area contributed by atoms with E-state index in [0.29, 0.717) is 6.04 Å². The highest BCUT2D eigenvalue weighted by Crippen LogP contribution is 2.16. The monoisotopic (exact) mass is 270 g/mol. The number of unbranched alkanes of at least 4 members (excludes halogenated alkanes) is 1. The summed E-state index contributed by atoms with van der Waals surface area (Å²) in [6.45, 7) is 4.01. The van der Waals surface area contributed by atoms with Gasteiger partial charge in [-0.1, -0.05) is 28.1 Å². The lowest BCUT2D eigenvalue weighted by atomic mass is 10.1. The summed E-state index contributed by atoms with van der Waals surface area (Å²) in [5.74, 6) is 0. The lowest BCUT2D eigenvalue weighted by Crippen LogP contribution is -2.20. The van der Waals surface area contributed by atoms with E-state index in [0.717, 1.165) is 30.4 Å². The molecular formula is C12H19BrN2. The number of rotatable bonds is 6. The van der Waals surface area contributed by atoms with Crippen LogP contribution >= 0.6 is 15.9 Å². The van der Waals surface area contributed by atoms with Crippen LogP contribution in [0.1, 0.15) is 31.4 Å². The van der Waals surface area contributed by atoms with Crippen LogP contribution < -0.4 is 11.1 Å². The molecule has 3 N–H and O–H groups in total. The Kier molecular flexibility index (Phi) is 5.91. The molecule has 1 unspecified atom stereocenters. The molecule has 84 valence electrons. The van der Waals surface area contributed by atoms with Crippen LogP contribution in [-0.2, 0) is 0 Å². The quantitative estimate of drug-likeness (QED) is 0.781. The first-order valence-corrected chi connectivity index (χ1v) is 6.22. The molecule has 0 spiro atoms. The lowest BCUT2D eigenvalue weighted by molar-refractivity contribution is 0.549. The standard InChI is InChI=1S/C12H19BrN2/c1-10(15-9-3-2-8-14)11-4-6-12(13)7-5-11/h4-7,10,15H,2-3,8-9,14H2,1H3. The van der Waals surface area contributed by atoms with Gasteiger partial charge in [0.1, 0.15) is 0 Å². The van der Waals surface area contributed by atoms with Gasteiger partial charge in [0.15, 0.2) is 0 Å². The molecule has 0 aliphatic carbocycles. The molecule has 0 radical (unpaired) electrons. The summed E-state index contributed by atoms with van der Waals surface area (Å²) in [7, 11) is 0. The smallest absolute Gasteiger partial charge is 0.0291 e. The van der Waals surface area contributed by atoms with Gasteiger partial charge in [0.2, 0.25) is 0 Å². The van der Waals surface area contributed by atoms with Crippen molar-refractivity contribution in [2.75, 3.05) is 13.1 Å². The third-order valence-corrected chi connectivity index (χ3v) is 2.98. The summed E-state index contributed by atoms with van der Waals surface area (Å²) in [6, 6.07) is 8.85. The van der Waals surface area contributed by atoms with Gasteiger partial charge in [0, 0.05) is 10.5 Å². The fraction of sp³-hybridized carbons (Fsp3) is 0.500. The number of hydrogen-bond acceptors (Lipinski definition) is 2. The second-order valence-electron chi connectivity index (χ2n) is 3.72. The molecular weight excluding hydrogens is 252 g/mol. The van der Waals surface area contributed by atoms with E-state index in [1.165, 1.54) is 5.56 Å². The predicted molar refractivity (Wildman–Crippen MR) is 68.8 cm³/mol. The maximum atomic E-state index is 5.44. The number of halogens is 1. The van der Waals surface area contributed by atoms with Crippen molar-refractivity contribution < 1.29 is 0 Å². The van der Waals surface area contributed by atoms with E-state index in [2.05, 4.69) is 52.4 Å². The van der Waals surface area contributed by atoms with Crippen LogP contribution in [-0.4, -0.2) is 13.1 Å². The maximum absolute atomic E-state index is 5.44. The van der Waals surface area contributed by atoms with E-state index in [-0.39, 0.29) is 0 Å². The van der Waals surface area contributed by atoms with Crippen molar-refractivity contribution in [3.05, 3.63) is 34.3 Å². The van der Waals surface area contributed by atoms with Gasteiger partial charge in [0.05, 0.1) is 0 Å². The average Bonchev–Trinajstić information content (AvgIpc) is 2.25. The Labute approximate surface area is 100 Å². The first-order chi connectivity index (χ1) is 7.24. The van der Waals surface area contributed by atoms with Gasteiger partial charge >= 0.3 is 0 Å². The molecule has 0 amide bonds. The first-order valence-electron chi connectivity index (χ1n) is 5.43. The summed E-state index contributed by atoms with van der Waals surface area (Å²) < 4.78 is 1.13. The molecule has 0 fully saturated rings. The molecule has 0 saturated carbocycles. The van der Waals surface area contributed by atoms with Crippen molar-refractivity contribution in [2.45, 2.75) is 25.8 Å². The number of benzene rings is 1. The predicted octanol–water partition coefficient (Wildman–Crippen LogP) is 2.84. The SMILES string of the molecule is CC(NCCCCN)c1ccc(Br)cc1. The van der Waals surface area contributed by atoms with Gasteiger partial charge < -0.3 is 11.1 Å². The van der Waals surface area contributed by atoms with Gasteiger partial charge in [-0.15, -0.1) is 0 Å². The van der Waals surface area contributed by atoms with Crippen molar-refractivity contribution >= 4 is 15.9 Å². The molecule has 0 saturated heterocycles. The topological polar surface area (TPSA) is 38.0 Å². The highest BCUT2D eigenvalue weighted by molar-refractivity contribution is 9.10. The van der Waals surface area contributed by atoms with Crippen LogP contribution in [0.25, 0.3) is 0 Å². The minimum atomic E-state index is 0.413. The molecule has 1 aromatic rings. The number of nitrogens with two attached hydrogens (primary N) is 1. The molecule has 15 heavy (non-hydrogen) atoms. The highest BCUT2D eigenvalue weighted by atomic mass is 79.9. The van der Waals surface area contributed by atoms with Crippen LogP contribution in [0.15, 0.2) is 28.7 Å². The zero-order chi connectivity index (χ0) is 11.1. The normalized spacial score (nSPS) is 12.7. The second-order valence-corrected chi connectivity index (χ2v) is 4.64. The molecule has 0 aromatic heterocycles. The van der Waals surface area contributed by atoms with Crippen molar-refractivity contribution in [3.63, 3.8) is 0 Å². The molecule has 1 rings (SSSR count). The highest BCUT2D eigenvalue weighted by Gasteiger charge is 2.03. The van der Waals surface area contributed by atoms with E-state index >= 15 is 0 Å². The molecule has 0 heterocycles. The third kappa shape index (κ3) is 4.78. The fourth-order valence-corrected chi connectivity index (χ4v) is 1.72. The van der Waals surface area contributed by atoms with Gasteiger partial charge in [-0.05, 0) is 50.6 Å². The minimum Gasteiger partial charge on any atom is -0.330 e. The molecule has 0 aliphatic rings. The second kappa shape index (κ2) is 6.99. The summed E-state index contributed by atoms with van der Waals surface area (Å²) >= 11 is 3.43. The Morgan fingerprint density at radius 1 is 1.27 bits per heavy atom. The summed E-state index contributed by atoms with van der Waals surface area (Å²) in [5.41, 5.74) is 6.77. The Hall–Kier alpha value is -0.380. The molecule has 0 bridgehead atoms. The van der Waals surface area contributed by atoms with Gasteiger partial charge in [-0.3, -0.25) is 0 Å². The number of nitrogens with one attached hydrogen (secondary N) is 1. The minimum absolute atomic E-state index is 0.413. The van der Waals surface area contributed by atoms with Crippen LogP contribution in [0.2, 0.25) is 0 Å². The van der Waals surface area contributed by atoms with Crippen LogP contribution in [0.3, 0.4) is 0 Å². The third-order valence-electron chi connectivity index (χ3n) is 2.45. The van der Waals surface area contributed by atoms with E-state index in [4.69, 9.17) is 5.73 Å². The van der Waals surface area contributed by atoms with Crippen LogP contribution in [0, 0.1) is 0 Å². The molecule has 1 aromatic carbocycles. The van der Waals surface area contributed by atoms with E-state index in [9.17, 15) is 0 Å². The van der Waals surface area contributed by atoms with Crippen LogP contribution in [0.5, 0.6) is 0 Å². The maximum Gasteiger partial charge on any atom is 0.0291 e. The van der Waals surface area contributed by atoms with Crippen molar-refractivity contribution in [1.29, 1.82) is 0 Å². The number of hydrogen-bond donors (Lipinski definition) is 2. The molecule has 3 heteroatoms. The van der Waals surface area contributed by atoms with E-state index in [1.807, 2.05) is 0 Å². The zero-order valence-corrected chi connectivity index (χ0v) is 10.8. The molecule has 2 nitrogen and oxygen atoms in total. The van der Waals surface area contributed by atoms with E-state index < -0.39 is 0 Å². The lowest BCUT2D eigenvalue weighted by Gasteiger charge is -2.14. The van der Waals surface area contributed by atoms with Crippen molar-refractivity contribution in [3.8, 4) is 0 Å². The Morgan fingerprint density at radius 3 is 2.53 bits per heavy atom. The first kappa shape index (κ1) is 12.7. The largest absolute Gasteiger partial charge is 0.330 e. The van der Waals surface area contributed by atoms with Gasteiger partial charge in [0.25, 0.3) is 0 Å². The van der Waals surface area contributed by atoms with Gasteiger partial charge in [-0.25, -0.2) is 0 Å². The zero-order valence-electron chi connectivity index (χ0n) is 9.17. The Bertz CT molecular complexity index is 271. The Morgan fingerprint density at radius 2 is 1.93 bits per heavy atom. The molecule has 1 atom stereocenters. The van der Waals surface area contributed by atoms with Crippen LogP contribution in [0.4, 0.5) is 0 Å². The fourth-order valence-electron chi connectivity index (χ4n) is 1.46. The summed E-state index contributed by atoms with van der Waals surface area (Å²) in [4.78, 5) is 0. The summed E-state index contributed by atoms with van der Waals surface area (Å²) in [6.07, 6.45) is 2.25. The average molecular weight is 271 g/mol. The molecule has 0 aliphatic heterocycles. The van der Waals surface area contributed by atoms with Crippen molar-refractivity contribution in [2.24, 2.45) is 5.73 Å². The van der Waals surface area contributed by atoms with E-state index in [1.54, 1.807) is 0 Å². The Balaban J connectivity index is 2.33. The summed E-state index contributed by atoms with van der Waals surface area (Å²) in [5, 5.41) is 3.48. The van der Waals surface area contributed by atoms with Gasteiger partial charge in [-0.2, -0.15) is 0 Å².